The van der Waals surface area contributed by atoms with Gasteiger partial charge in [0.05, 0.1) is 6.10 Å². The summed E-state index contributed by atoms with van der Waals surface area (Å²) in [5.74, 6) is -1.05. The molecule has 1 rings (SSSR count). The Kier molecular flexibility index (Phi) is 5.63. The third kappa shape index (κ3) is 5.55. The molecule has 92 valence electrons. The van der Waals surface area contributed by atoms with Crippen LogP contribution in [0.5, 0.6) is 0 Å². The Bertz CT molecular complexity index is 239. The average Bonchev–Trinajstić information content (AvgIpc) is 2.28. The number of carboxylic acids is 1. The lowest BCUT2D eigenvalue weighted by molar-refractivity contribution is -0.135. The zero-order valence-electron chi connectivity index (χ0n) is 9.20. The molecule has 0 radical (unpaired) electrons. The lowest BCUT2D eigenvalue weighted by atomic mass is 10.1. The van der Waals surface area contributed by atoms with Crippen molar-refractivity contribution in [3.05, 3.63) is 0 Å². The first-order chi connectivity index (χ1) is 7.68. The Hall–Kier alpha value is -1.30. The maximum atomic E-state index is 11.1. The number of carboxylic acid groups (broad SMARTS) is 1. The van der Waals surface area contributed by atoms with Gasteiger partial charge in [0.25, 0.3) is 0 Å². The summed E-state index contributed by atoms with van der Waals surface area (Å²) >= 11 is 0. The normalized spacial score (nSPS) is 20.1. The minimum atomic E-state index is -1.05. The van der Waals surface area contributed by atoms with Gasteiger partial charge in [-0.05, 0) is 25.7 Å². The van der Waals surface area contributed by atoms with Crippen molar-refractivity contribution in [1.29, 1.82) is 0 Å². The second kappa shape index (κ2) is 7.05. The number of rotatable bonds is 5. The number of nitrogens with one attached hydrogen (secondary N) is 2. The summed E-state index contributed by atoms with van der Waals surface area (Å²) in [6.45, 7) is 0.956. The second-order valence-electron chi connectivity index (χ2n) is 3.78. The molecule has 1 atom stereocenters. The third-order valence-electron chi connectivity index (χ3n) is 2.43. The molecule has 2 amide bonds. The van der Waals surface area contributed by atoms with Gasteiger partial charge in [-0.2, -0.15) is 0 Å². The Morgan fingerprint density at radius 2 is 2.12 bits per heavy atom. The van der Waals surface area contributed by atoms with Crippen molar-refractivity contribution < 1.29 is 19.4 Å². The van der Waals surface area contributed by atoms with Gasteiger partial charge in [-0.15, -0.1) is 0 Å². The molecule has 1 saturated heterocycles. The summed E-state index contributed by atoms with van der Waals surface area (Å²) in [7, 11) is 0. The molecule has 16 heavy (non-hydrogen) atoms. The third-order valence-corrected chi connectivity index (χ3v) is 2.43. The van der Waals surface area contributed by atoms with E-state index in [1.807, 2.05) is 0 Å². The minimum absolute atomic E-state index is 0.230. The zero-order valence-corrected chi connectivity index (χ0v) is 9.20. The van der Waals surface area contributed by atoms with Crippen molar-refractivity contribution in [3.63, 3.8) is 0 Å². The molecule has 3 N–H and O–H groups in total. The highest BCUT2D eigenvalue weighted by Crippen LogP contribution is 2.14. The summed E-state index contributed by atoms with van der Waals surface area (Å²) in [5.41, 5.74) is 0. The molecule has 0 aromatic heterocycles. The number of aliphatic carboxylic acids is 1. The van der Waals surface area contributed by atoms with Crippen molar-refractivity contribution in [2.75, 3.05) is 19.7 Å². The summed E-state index contributed by atoms with van der Waals surface area (Å²) < 4.78 is 5.49. The number of carbonyl (C=O) groups excluding carboxylic acids is 1. The van der Waals surface area contributed by atoms with Gasteiger partial charge in [-0.1, -0.05) is 0 Å². The van der Waals surface area contributed by atoms with Crippen LogP contribution >= 0.6 is 0 Å². The molecule has 6 heteroatoms. The predicted octanol–water partition coefficient (Wildman–Crippen LogP) is 0.329. The van der Waals surface area contributed by atoms with Crippen molar-refractivity contribution in [1.82, 2.24) is 10.6 Å². The van der Waals surface area contributed by atoms with Crippen LogP contribution in [-0.4, -0.2) is 42.9 Å². The van der Waals surface area contributed by atoms with Crippen molar-refractivity contribution in [3.8, 4) is 0 Å². The fraction of sp³-hybridized carbons (Fsp3) is 0.800. The minimum Gasteiger partial charge on any atom is -0.480 e. The largest absolute Gasteiger partial charge is 0.480 e. The van der Waals surface area contributed by atoms with Crippen molar-refractivity contribution in [2.24, 2.45) is 0 Å². The van der Waals surface area contributed by atoms with Crippen LogP contribution in [0.25, 0.3) is 0 Å². The highest BCUT2D eigenvalue weighted by atomic mass is 16.5. The smallest absolute Gasteiger partial charge is 0.323 e. The average molecular weight is 230 g/mol. The summed E-state index contributed by atoms with van der Waals surface area (Å²) in [6.07, 6.45) is 4.34. The Morgan fingerprint density at radius 1 is 1.31 bits per heavy atom. The molecule has 0 saturated carbocycles. The molecular formula is C10H18N2O4. The van der Waals surface area contributed by atoms with E-state index < -0.39 is 12.0 Å². The van der Waals surface area contributed by atoms with E-state index in [2.05, 4.69) is 10.6 Å². The molecule has 0 spiro atoms. The number of urea groups is 1. The van der Waals surface area contributed by atoms with Crippen LogP contribution in [0, 0.1) is 0 Å². The van der Waals surface area contributed by atoms with Crippen LogP contribution in [0.4, 0.5) is 4.79 Å². The van der Waals surface area contributed by atoms with Crippen LogP contribution in [0.3, 0.4) is 0 Å². The standard InChI is InChI=1S/C10H18N2O4/c13-9(14)7-12-10(15)11-5-4-8-3-1-2-6-16-8/h8H,1-7H2,(H,13,14)(H2,11,12,15). The number of carbonyl (C=O) groups is 2. The van der Waals surface area contributed by atoms with E-state index >= 15 is 0 Å². The molecule has 0 aromatic carbocycles. The van der Waals surface area contributed by atoms with Crippen LogP contribution < -0.4 is 10.6 Å². The molecule has 1 heterocycles. The molecule has 6 nitrogen and oxygen atoms in total. The molecular weight excluding hydrogens is 212 g/mol. The van der Waals surface area contributed by atoms with Crippen LogP contribution in [0.1, 0.15) is 25.7 Å². The van der Waals surface area contributed by atoms with Gasteiger partial charge in [-0.3, -0.25) is 4.79 Å². The van der Waals surface area contributed by atoms with Gasteiger partial charge in [-0.25, -0.2) is 4.79 Å². The Morgan fingerprint density at radius 3 is 2.75 bits per heavy atom. The van der Waals surface area contributed by atoms with Gasteiger partial charge < -0.3 is 20.5 Å². The molecule has 0 aliphatic carbocycles. The zero-order chi connectivity index (χ0) is 11.8. The van der Waals surface area contributed by atoms with Gasteiger partial charge in [0.1, 0.15) is 6.54 Å². The monoisotopic (exact) mass is 230 g/mol. The maximum Gasteiger partial charge on any atom is 0.323 e. The number of hydrogen-bond donors (Lipinski definition) is 3. The van der Waals surface area contributed by atoms with E-state index in [-0.39, 0.29) is 12.6 Å². The van der Waals surface area contributed by atoms with E-state index in [9.17, 15) is 9.59 Å². The van der Waals surface area contributed by atoms with E-state index in [4.69, 9.17) is 9.84 Å². The molecule has 0 aromatic rings. The van der Waals surface area contributed by atoms with Gasteiger partial charge in [0.15, 0.2) is 0 Å². The molecule has 1 fully saturated rings. The van der Waals surface area contributed by atoms with Crippen molar-refractivity contribution in [2.45, 2.75) is 31.8 Å². The van der Waals surface area contributed by atoms with Gasteiger partial charge >= 0.3 is 12.0 Å². The molecule has 1 aliphatic heterocycles. The van der Waals surface area contributed by atoms with Crippen molar-refractivity contribution >= 4 is 12.0 Å². The summed E-state index contributed by atoms with van der Waals surface area (Å²) in [6, 6.07) is -0.446. The first kappa shape index (κ1) is 12.8. The van der Waals surface area contributed by atoms with Crippen LogP contribution in [0.2, 0.25) is 0 Å². The Labute approximate surface area is 94.3 Å². The topological polar surface area (TPSA) is 87.7 Å². The molecule has 1 unspecified atom stereocenters. The molecule has 1 aliphatic rings. The first-order valence-electron chi connectivity index (χ1n) is 5.53. The summed E-state index contributed by atoms with van der Waals surface area (Å²) in [5, 5.41) is 13.2. The van der Waals surface area contributed by atoms with Crippen LogP contribution in [-0.2, 0) is 9.53 Å². The number of ether oxygens (including phenoxy) is 1. The maximum absolute atomic E-state index is 11.1. The highest BCUT2D eigenvalue weighted by molar-refractivity contribution is 5.79. The number of amides is 2. The van der Waals surface area contributed by atoms with Crippen LogP contribution in [0.15, 0.2) is 0 Å². The van der Waals surface area contributed by atoms with E-state index in [0.717, 1.165) is 25.9 Å². The highest BCUT2D eigenvalue weighted by Gasteiger charge is 2.13. The molecule has 0 bridgehead atoms. The fourth-order valence-electron chi connectivity index (χ4n) is 1.60. The summed E-state index contributed by atoms with van der Waals surface area (Å²) in [4.78, 5) is 21.2. The Balaban J connectivity index is 2.01. The second-order valence-corrected chi connectivity index (χ2v) is 3.78. The van der Waals surface area contributed by atoms with E-state index in [0.29, 0.717) is 6.54 Å². The quantitative estimate of drug-likeness (QED) is 0.635. The lowest BCUT2D eigenvalue weighted by Crippen LogP contribution is -2.39. The van der Waals surface area contributed by atoms with E-state index in [1.165, 1.54) is 6.42 Å². The van der Waals surface area contributed by atoms with E-state index in [1.54, 1.807) is 0 Å². The predicted molar refractivity (Wildman–Crippen MR) is 57.2 cm³/mol. The number of hydrogen-bond acceptors (Lipinski definition) is 3. The van der Waals surface area contributed by atoms with Gasteiger partial charge in [0.2, 0.25) is 0 Å². The SMILES string of the molecule is O=C(O)CNC(=O)NCCC1CCCCO1. The lowest BCUT2D eigenvalue weighted by Gasteiger charge is -2.22. The van der Waals surface area contributed by atoms with Gasteiger partial charge in [0, 0.05) is 13.2 Å². The first-order valence-corrected chi connectivity index (χ1v) is 5.53. The fourth-order valence-corrected chi connectivity index (χ4v) is 1.60.